The molecule has 1 aliphatic heterocycles. The molecule has 198 valence electrons. The predicted molar refractivity (Wildman–Crippen MR) is 164 cm³/mol. The lowest BCUT2D eigenvalue weighted by Crippen LogP contribution is -2.23. The number of aryl methyl sites for hydroxylation is 3. The molecule has 0 amide bonds. The quantitative estimate of drug-likeness (QED) is 0.292. The molecule has 2 nitrogen and oxygen atoms in total. The van der Waals surface area contributed by atoms with E-state index in [-0.39, 0.29) is 0 Å². The smallest absolute Gasteiger partial charge is 0.101 e. The molecular formula is C34H45ClN2. The molecule has 0 saturated carbocycles. The van der Waals surface area contributed by atoms with Crippen LogP contribution < -0.4 is 0 Å². The van der Waals surface area contributed by atoms with E-state index in [4.69, 9.17) is 23.3 Å². The zero-order valence-electron chi connectivity index (χ0n) is 23.9. The molecule has 2 aromatic carbocycles. The second kappa shape index (κ2) is 20.1. The van der Waals surface area contributed by atoms with E-state index < -0.39 is 0 Å². The average Bonchev–Trinajstić information content (AvgIpc) is 3.32. The zero-order valence-corrected chi connectivity index (χ0v) is 24.7. The monoisotopic (exact) mass is 516 g/mol. The van der Waals surface area contributed by atoms with Crippen LogP contribution in [0.2, 0.25) is 5.02 Å². The van der Waals surface area contributed by atoms with Crippen molar-refractivity contribution in [3.05, 3.63) is 106 Å². The first-order valence-electron chi connectivity index (χ1n) is 13.1. The molecule has 3 heteroatoms. The summed E-state index contributed by atoms with van der Waals surface area (Å²) in [4.78, 5) is 2.48. The van der Waals surface area contributed by atoms with Gasteiger partial charge in [0.15, 0.2) is 0 Å². The Hall–Kier alpha value is -3.04. The Labute approximate surface area is 232 Å². The minimum Gasteiger partial charge on any atom is -0.299 e. The van der Waals surface area contributed by atoms with Crippen LogP contribution in [0, 0.1) is 43.4 Å². The lowest BCUT2D eigenvalue weighted by molar-refractivity contribution is 0.358. The molecule has 0 N–H and O–H groups in total. The lowest BCUT2D eigenvalue weighted by Gasteiger charge is -2.17. The number of likely N-dealkylation sites (tertiary alicyclic amines) is 1. The number of rotatable bonds is 5. The van der Waals surface area contributed by atoms with Gasteiger partial charge in [-0.05, 0) is 98.2 Å². The molecule has 1 heterocycles. The number of terminal acetylenes is 1. The fourth-order valence-electron chi connectivity index (χ4n) is 3.72. The largest absolute Gasteiger partial charge is 0.299 e. The highest BCUT2D eigenvalue weighted by molar-refractivity contribution is 6.31. The van der Waals surface area contributed by atoms with Crippen molar-refractivity contribution < 1.29 is 0 Å². The van der Waals surface area contributed by atoms with E-state index in [0.29, 0.717) is 10.6 Å². The van der Waals surface area contributed by atoms with Gasteiger partial charge in [-0.1, -0.05) is 88.2 Å². The Balaban J connectivity index is 0.000000534. The summed E-state index contributed by atoms with van der Waals surface area (Å²) in [6, 6.07) is 15.8. The molecule has 1 fully saturated rings. The minimum absolute atomic E-state index is 0.530. The molecule has 1 atom stereocenters. The summed E-state index contributed by atoms with van der Waals surface area (Å²) in [5.41, 5.74) is 6.96. The topological polar surface area (TPSA) is 27.0 Å². The second-order valence-electron chi connectivity index (χ2n) is 8.92. The Bertz CT molecular complexity index is 1100. The highest BCUT2D eigenvalue weighted by Crippen LogP contribution is 2.18. The third-order valence-electron chi connectivity index (χ3n) is 5.98. The van der Waals surface area contributed by atoms with E-state index in [9.17, 15) is 0 Å². The Morgan fingerprint density at radius 2 is 1.89 bits per heavy atom. The first-order valence-corrected chi connectivity index (χ1v) is 13.5. The maximum atomic E-state index is 8.47. The van der Waals surface area contributed by atoms with Gasteiger partial charge < -0.3 is 0 Å². The highest BCUT2D eigenvalue weighted by Gasteiger charge is 2.18. The van der Waals surface area contributed by atoms with Gasteiger partial charge in [-0.2, -0.15) is 5.26 Å². The van der Waals surface area contributed by atoms with E-state index in [0.717, 1.165) is 24.4 Å². The van der Waals surface area contributed by atoms with Crippen LogP contribution in [-0.4, -0.2) is 24.5 Å². The molecule has 0 aromatic heterocycles. The van der Waals surface area contributed by atoms with Gasteiger partial charge in [0, 0.05) is 13.1 Å². The normalized spacial score (nSPS) is 14.9. The number of halogens is 1. The first kappa shape index (κ1) is 34.0. The minimum atomic E-state index is 0.530. The van der Waals surface area contributed by atoms with Gasteiger partial charge in [-0.3, -0.25) is 4.90 Å². The van der Waals surface area contributed by atoms with Crippen LogP contribution in [0.25, 0.3) is 0 Å². The van der Waals surface area contributed by atoms with Gasteiger partial charge in [0.1, 0.15) is 6.07 Å². The number of benzene rings is 2. The third-order valence-corrected chi connectivity index (χ3v) is 6.30. The van der Waals surface area contributed by atoms with Crippen LogP contribution in [0.5, 0.6) is 0 Å². The fourth-order valence-corrected chi connectivity index (χ4v) is 3.99. The molecule has 1 aliphatic rings. The molecule has 1 saturated heterocycles. The Kier molecular flexibility index (Phi) is 18.4. The summed E-state index contributed by atoms with van der Waals surface area (Å²) in [6.07, 6.45) is 13.4. The number of hydrogen-bond donors (Lipinski definition) is 0. The van der Waals surface area contributed by atoms with Crippen molar-refractivity contribution in [1.29, 1.82) is 5.26 Å². The van der Waals surface area contributed by atoms with E-state index in [1.165, 1.54) is 41.8 Å². The van der Waals surface area contributed by atoms with Gasteiger partial charge in [0.05, 0.1) is 10.6 Å². The maximum absolute atomic E-state index is 8.47. The van der Waals surface area contributed by atoms with Gasteiger partial charge in [0.2, 0.25) is 0 Å². The van der Waals surface area contributed by atoms with E-state index in [1.807, 2.05) is 45.1 Å². The Morgan fingerprint density at radius 1 is 1.22 bits per heavy atom. The zero-order chi connectivity index (χ0) is 28.2. The molecule has 0 aliphatic carbocycles. The van der Waals surface area contributed by atoms with Crippen LogP contribution in [0.3, 0.4) is 0 Å². The van der Waals surface area contributed by atoms with Crippen molar-refractivity contribution in [3.63, 3.8) is 0 Å². The van der Waals surface area contributed by atoms with Crippen molar-refractivity contribution in [2.75, 3.05) is 19.6 Å². The SMILES string of the molecule is C#C/C=C\C(CN1CCC(C)C1)=C(\C)C=C.CC.CCc1ccccc1C.Cc1ccc(C#N)c(Cl)c1. The first-order chi connectivity index (χ1) is 17.7. The van der Waals surface area contributed by atoms with Gasteiger partial charge in [0.25, 0.3) is 0 Å². The molecule has 3 rings (SSSR count). The van der Waals surface area contributed by atoms with Gasteiger partial charge >= 0.3 is 0 Å². The molecule has 0 radical (unpaired) electrons. The van der Waals surface area contributed by atoms with E-state index in [2.05, 4.69) is 69.4 Å². The summed E-state index contributed by atoms with van der Waals surface area (Å²) >= 11 is 5.71. The van der Waals surface area contributed by atoms with Crippen LogP contribution >= 0.6 is 11.6 Å². The summed E-state index contributed by atoms with van der Waals surface area (Å²) < 4.78 is 0. The molecular weight excluding hydrogens is 472 g/mol. The fraction of sp³-hybridized carbons (Fsp3) is 0.382. The standard InChI is InChI=1S/C15H21N.C9H12.C8H6ClN.C2H6/c1-5-7-8-15(14(4)6-2)12-16-10-9-13(3)11-16;1-3-9-7-5-4-6-8(9)2;1-6-2-3-7(5-10)8(9)4-6;1-2/h1,6-8,13H,2,9-12H2,3-4H3;4-7H,3H2,1-2H3;2-4H,1H3;1-2H3/b8-7-,15-14+;;;. The molecule has 37 heavy (non-hydrogen) atoms. The average molecular weight is 517 g/mol. The summed E-state index contributed by atoms with van der Waals surface area (Å²) in [6.45, 7) is 21.9. The van der Waals surface area contributed by atoms with Crippen LogP contribution in [0.4, 0.5) is 0 Å². The predicted octanol–water partition coefficient (Wildman–Crippen LogP) is 9.12. The highest BCUT2D eigenvalue weighted by atomic mass is 35.5. The number of nitriles is 1. The number of allylic oxidation sites excluding steroid dienone is 3. The summed E-state index contributed by atoms with van der Waals surface area (Å²) in [7, 11) is 0. The van der Waals surface area contributed by atoms with Crippen molar-refractivity contribution in [2.24, 2.45) is 5.92 Å². The third kappa shape index (κ3) is 13.7. The molecule has 2 aromatic rings. The van der Waals surface area contributed by atoms with Gasteiger partial charge in [-0.25, -0.2) is 0 Å². The van der Waals surface area contributed by atoms with Crippen molar-refractivity contribution in [3.8, 4) is 18.4 Å². The second-order valence-corrected chi connectivity index (χ2v) is 9.32. The molecule has 1 unspecified atom stereocenters. The number of nitrogens with zero attached hydrogens (tertiary/aromatic N) is 2. The van der Waals surface area contributed by atoms with E-state index in [1.54, 1.807) is 18.2 Å². The molecule has 0 spiro atoms. The van der Waals surface area contributed by atoms with Crippen LogP contribution in [0.1, 0.15) is 63.3 Å². The summed E-state index contributed by atoms with van der Waals surface area (Å²) in [5, 5.41) is 9.00. The van der Waals surface area contributed by atoms with Crippen LogP contribution in [0.15, 0.2) is 78.4 Å². The van der Waals surface area contributed by atoms with Crippen molar-refractivity contribution in [1.82, 2.24) is 4.90 Å². The Morgan fingerprint density at radius 3 is 2.35 bits per heavy atom. The van der Waals surface area contributed by atoms with Crippen molar-refractivity contribution >= 4 is 11.6 Å². The maximum Gasteiger partial charge on any atom is 0.101 e. The molecule has 0 bridgehead atoms. The van der Waals surface area contributed by atoms with Gasteiger partial charge in [-0.15, -0.1) is 6.42 Å². The summed E-state index contributed by atoms with van der Waals surface area (Å²) in [5.74, 6) is 3.36. The van der Waals surface area contributed by atoms with Crippen molar-refractivity contribution in [2.45, 2.75) is 61.3 Å². The number of hydrogen-bond acceptors (Lipinski definition) is 2. The van der Waals surface area contributed by atoms with E-state index >= 15 is 0 Å². The van der Waals surface area contributed by atoms with Crippen LogP contribution in [-0.2, 0) is 6.42 Å². The lowest BCUT2D eigenvalue weighted by atomic mass is 10.1.